The average molecular weight is 554 g/mol. The van der Waals surface area contributed by atoms with Crippen molar-refractivity contribution in [3.05, 3.63) is 89.0 Å². The van der Waals surface area contributed by atoms with Gasteiger partial charge in [0.05, 0.1) is 5.52 Å². The van der Waals surface area contributed by atoms with Gasteiger partial charge in [-0.15, -0.1) is 12.4 Å². The number of aromatic nitrogens is 2. The number of para-hydroxylation sites is 1. The summed E-state index contributed by atoms with van der Waals surface area (Å²) in [5.74, 6) is 1.67. The van der Waals surface area contributed by atoms with Crippen LogP contribution in [0.5, 0.6) is 11.6 Å². The fraction of sp³-hybridized carbons (Fsp3) is 0.222. The first-order valence-electron chi connectivity index (χ1n) is 11.5. The van der Waals surface area contributed by atoms with Gasteiger partial charge >= 0.3 is 0 Å². The highest BCUT2D eigenvalue weighted by Gasteiger charge is 2.24. The average Bonchev–Trinajstić information content (AvgIpc) is 2.87. The van der Waals surface area contributed by atoms with Gasteiger partial charge in [-0.3, -0.25) is 4.79 Å². The van der Waals surface area contributed by atoms with E-state index < -0.39 is 0 Å². The van der Waals surface area contributed by atoms with E-state index >= 15 is 0 Å². The van der Waals surface area contributed by atoms with Gasteiger partial charge in [-0.2, -0.15) is 0 Å². The minimum Gasteiger partial charge on any atom is -0.438 e. The van der Waals surface area contributed by atoms with Crippen molar-refractivity contribution < 1.29 is 9.53 Å². The van der Waals surface area contributed by atoms with Crippen LogP contribution in [0.3, 0.4) is 0 Å². The highest BCUT2D eigenvalue weighted by molar-refractivity contribution is 9.10. The van der Waals surface area contributed by atoms with Crippen molar-refractivity contribution >= 4 is 51.0 Å². The SMILES string of the molecule is Cl.O=C(NC1CCC(Nc2ccc3ccccc3n2)CC1)c1cccnc1Oc1ccc(Br)cc1. The third-order valence-electron chi connectivity index (χ3n) is 6.06. The van der Waals surface area contributed by atoms with Crippen molar-refractivity contribution in [1.29, 1.82) is 0 Å². The number of hydrogen-bond acceptors (Lipinski definition) is 5. The standard InChI is InChI=1S/C27H25BrN4O2.ClH/c28-19-8-14-22(15-9-19)34-27-23(5-3-17-29-27)26(33)31-21-12-10-20(11-13-21)30-25-16-7-18-4-1-2-6-24(18)32-25;/h1-9,14-17,20-21H,10-13H2,(H,30,32)(H,31,33);1H. The van der Waals surface area contributed by atoms with Gasteiger partial charge in [0.25, 0.3) is 5.91 Å². The predicted octanol–water partition coefficient (Wildman–Crippen LogP) is 6.76. The molecule has 1 aliphatic carbocycles. The molecule has 0 saturated heterocycles. The molecule has 0 atom stereocenters. The number of hydrogen-bond donors (Lipinski definition) is 2. The van der Waals surface area contributed by atoms with Gasteiger partial charge in [-0.1, -0.05) is 34.1 Å². The number of carbonyl (C=O) groups is 1. The van der Waals surface area contributed by atoms with E-state index in [1.165, 1.54) is 0 Å². The predicted molar refractivity (Wildman–Crippen MR) is 145 cm³/mol. The van der Waals surface area contributed by atoms with Crippen molar-refractivity contribution in [1.82, 2.24) is 15.3 Å². The van der Waals surface area contributed by atoms with Crippen LogP contribution in [0.4, 0.5) is 5.82 Å². The van der Waals surface area contributed by atoms with Crippen LogP contribution >= 0.6 is 28.3 Å². The number of nitrogens with one attached hydrogen (secondary N) is 2. The molecule has 1 saturated carbocycles. The van der Waals surface area contributed by atoms with Crippen LogP contribution in [0.2, 0.25) is 0 Å². The molecule has 0 aliphatic heterocycles. The summed E-state index contributed by atoms with van der Waals surface area (Å²) in [6.07, 6.45) is 5.37. The van der Waals surface area contributed by atoms with E-state index in [2.05, 4.69) is 43.7 Å². The first-order valence-corrected chi connectivity index (χ1v) is 12.2. The Morgan fingerprint density at radius 3 is 2.43 bits per heavy atom. The quantitative estimate of drug-likeness (QED) is 0.276. The Bertz CT molecular complexity index is 1290. The summed E-state index contributed by atoms with van der Waals surface area (Å²) in [7, 11) is 0. The van der Waals surface area contributed by atoms with E-state index in [0.717, 1.165) is 46.9 Å². The van der Waals surface area contributed by atoms with Crippen LogP contribution in [0.25, 0.3) is 10.9 Å². The number of benzene rings is 2. The maximum absolute atomic E-state index is 13.0. The van der Waals surface area contributed by atoms with E-state index in [1.54, 1.807) is 18.3 Å². The van der Waals surface area contributed by atoms with Gasteiger partial charge in [0.15, 0.2) is 0 Å². The first kappa shape index (κ1) is 24.9. The summed E-state index contributed by atoms with van der Waals surface area (Å²) in [6.45, 7) is 0. The van der Waals surface area contributed by atoms with Gasteiger partial charge in [0, 0.05) is 28.1 Å². The smallest absolute Gasteiger partial charge is 0.257 e. The summed E-state index contributed by atoms with van der Waals surface area (Å²) < 4.78 is 6.84. The highest BCUT2D eigenvalue weighted by Crippen LogP contribution is 2.26. The molecule has 180 valence electrons. The Kier molecular flexibility index (Phi) is 8.21. The summed E-state index contributed by atoms with van der Waals surface area (Å²) in [4.78, 5) is 22.0. The maximum atomic E-state index is 13.0. The number of halogens is 2. The lowest BCUT2D eigenvalue weighted by Crippen LogP contribution is -2.40. The third kappa shape index (κ3) is 6.29. The molecule has 6 nitrogen and oxygen atoms in total. The number of rotatable bonds is 6. The van der Waals surface area contributed by atoms with Crippen molar-refractivity contribution in [2.45, 2.75) is 37.8 Å². The number of anilines is 1. The van der Waals surface area contributed by atoms with E-state index in [-0.39, 0.29) is 24.4 Å². The third-order valence-corrected chi connectivity index (χ3v) is 6.59. The summed E-state index contributed by atoms with van der Waals surface area (Å²) >= 11 is 3.41. The van der Waals surface area contributed by atoms with Crippen LogP contribution in [0, 0.1) is 0 Å². The van der Waals surface area contributed by atoms with Crippen LogP contribution in [-0.2, 0) is 0 Å². The van der Waals surface area contributed by atoms with E-state index in [4.69, 9.17) is 9.72 Å². The lowest BCUT2D eigenvalue weighted by atomic mass is 9.91. The molecule has 1 fully saturated rings. The van der Waals surface area contributed by atoms with Gasteiger partial charge < -0.3 is 15.4 Å². The topological polar surface area (TPSA) is 76.1 Å². The second kappa shape index (κ2) is 11.5. The Labute approximate surface area is 219 Å². The number of amides is 1. The second-order valence-electron chi connectivity index (χ2n) is 8.47. The second-order valence-corrected chi connectivity index (χ2v) is 9.38. The lowest BCUT2D eigenvalue weighted by molar-refractivity contribution is 0.0923. The lowest BCUT2D eigenvalue weighted by Gasteiger charge is -2.30. The summed E-state index contributed by atoms with van der Waals surface area (Å²) in [5.41, 5.74) is 1.43. The molecule has 1 amide bonds. The fourth-order valence-corrected chi connectivity index (χ4v) is 4.52. The number of carbonyl (C=O) groups excluding carboxylic acids is 1. The zero-order chi connectivity index (χ0) is 23.3. The van der Waals surface area contributed by atoms with Gasteiger partial charge in [-0.25, -0.2) is 9.97 Å². The maximum Gasteiger partial charge on any atom is 0.257 e. The molecule has 0 bridgehead atoms. The molecule has 2 N–H and O–H groups in total. The van der Waals surface area contributed by atoms with Crippen LogP contribution < -0.4 is 15.4 Å². The zero-order valence-electron chi connectivity index (χ0n) is 19.0. The largest absolute Gasteiger partial charge is 0.438 e. The molecule has 1 aliphatic rings. The number of ether oxygens (including phenoxy) is 1. The Balaban J connectivity index is 0.00000289. The minimum absolute atomic E-state index is 0. The molecule has 0 unspecified atom stereocenters. The van der Waals surface area contributed by atoms with Crippen LogP contribution in [0.1, 0.15) is 36.0 Å². The Morgan fingerprint density at radius 2 is 1.63 bits per heavy atom. The molecular formula is C27H26BrClN4O2. The van der Waals surface area contributed by atoms with Crippen molar-refractivity contribution in [3.63, 3.8) is 0 Å². The van der Waals surface area contributed by atoms with Crippen molar-refractivity contribution in [2.24, 2.45) is 0 Å². The zero-order valence-corrected chi connectivity index (χ0v) is 21.4. The molecule has 0 spiro atoms. The van der Waals surface area contributed by atoms with E-state index in [0.29, 0.717) is 23.2 Å². The molecular weight excluding hydrogens is 528 g/mol. The van der Waals surface area contributed by atoms with E-state index in [1.807, 2.05) is 48.5 Å². The molecule has 5 rings (SSSR count). The molecule has 2 aromatic carbocycles. The van der Waals surface area contributed by atoms with Crippen molar-refractivity contribution in [3.8, 4) is 11.6 Å². The minimum atomic E-state index is -0.159. The highest BCUT2D eigenvalue weighted by atomic mass is 79.9. The molecule has 8 heteroatoms. The van der Waals surface area contributed by atoms with Gasteiger partial charge in [0.2, 0.25) is 5.88 Å². The normalized spacial score (nSPS) is 17.3. The van der Waals surface area contributed by atoms with Gasteiger partial charge in [0.1, 0.15) is 17.1 Å². The molecule has 35 heavy (non-hydrogen) atoms. The van der Waals surface area contributed by atoms with Crippen LogP contribution in [-0.4, -0.2) is 28.0 Å². The van der Waals surface area contributed by atoms with E-state index in [9.17, 15) is 4.79 Å². The summed E-state index contributed by atoms with van der Waals surface area (Å²) in [5, 5.41) is 7.87. The van der Waals surface area contributed by atoms with Gasteiger partial charge in [-0.05, 0) is 80.3 Å². The number of fused-ring (bicyclic) bond motifs is 1. The van der Waals surface area contributed by atoms with Crippen LogP contribution in [0.15, 0.2) is 83.5 Å². The summed E-state index contributed by atoms with van der Waals surface area (Å²) in [6, 6.07) is 23.6. The Hall–Kier alpha value is -3.16. The molecule has 0 radical (unpaired) electrons. The monoisotopic (exact) mass is 552 g/mol. The molecule has 2 aromatic heterocycles. The molecule has 2 heterocycles. The first-order chi connectivity index (χ1) is 16.6. The fourth-order valence-electron chi connectivity index (χ4n) is 4.26. The number of pyridine rings is 2. The molecule has 4 aromatic rings. The van der Waals surface area contributed by atoms with Crippen molar-refractivity contribution in [2.75, 3.05) is 5.32 Å². The Morgan fingerprint density at radius 1 is 0.886 bits per heavy atom. The number of nitrogens with zero attached hydrogens (tertiary/aromatic N) is 2.